The number of halogens is 2. The number of nitrogen functional groups attached to an aromatic ring is 1. The number of hydrogen-bond acceptors (Lipinski definition) is 2. The summed E-state index contributed by atoms with van der Waals surface area (Å²) < 4.78 is 0. The van der Waals surface area contributed by atoms with Crippen LogP contribution in [0, 0.1) is 11.3 Å². The van der Waals surface area contributed by atoms with Gasteiger partial charge in [-0.05, 0) is 36.1 Å². The fraction of sp³-hybridized carbons (Fsp3) is 0.364. The molecule has 0 bridgehead atoms. The molecule has 0 unspecified atom stereocenters. The molecule has 0 saturated heterocycles. The van der Waals surface area contributed by atoms with Crippen LogP contribution in [-0.4, -0.2) is 11.8 Å². The summed E-state index contributed by atoms with van der Waals surface area (Å²) >= 11 is 11.4. The van der Waals surface area contributed by atoms with Crippen molar-refractivity contribution in [2.45, 2.75) is 12.8 Å². The lowest BCUT2D eigenvalue weighted by Crippen LogP contribution is -2.04. The van der Waals surface area contributed by atoms with E-state index in [0.29, 0.717) is 35.9 Å². The van der Waals surface area contributed by atoms with Gasteiger partial charge >= 0.3 is 0 Å². The highest BCUT2D eigenvalue weighted by atomic mass is 35.5. The number of benzene rings is 1. The largest absolute Gasteiger partial charge is 0.398 e. The Morgan fingerprint density at radius 3 is 2.27 bits per heavy atom. The fourth-order valence-corrected chi connectivity index (χ4v) is 1.96. The Balaban J connectivity index is 3.24. The zero-order valence-electron chi connectivity index (χ0n) is 8.26. The van der Waals surface area contributed by atoms with Gasteiger partial charge in [-0.25, -0.2) is 0 Å². The molecule has 0 heterocycles. The van der Waals surface area contributed by atoms with E-state index in [1.54, 1.807) is 12.1 Å². The van der Waals surface area contributed by atoms with E-state index >= 15 is 0 Å². The Hall–Kier alpha value is -0.910. The zero-order valence-corrected chi connectivity index (χ0v) is 9.78. The van der Waals surface area contributed by atoms with E-state index < -0.39 is 0 Å². The predicted molar refractivity (Wildman–Crippen MR) is 64.4 cm³/mol. The van der Waals surface area contributed by atoms with Crippen molar-refractivity contribution in [3.05, 3.63) is 28.8 Å². The molecule has 1 aromatic rings. The molecule has 1 aromatic carbocycles. The van der Waals surface area contributed by atoms with Crippen LogP contribution in [0.3, 0.4) is 0 Å². The Morgan fingerprint density at radius 1 is 1.13 bits per heavy atom. The van der Waals surface area contributed by atoms with Crippen molar-refractivity contribution < 1.29 is 0 Å². The van der Waals surface area contributed by atoms with Gasteiger partial charge in [-0.1, -0.05) is 0 Å². The van der Waals surface area contributed by atoms with E-state index in [-0.39, 0.29) is 0 Å². The lowest BCUT2D eigenvalue weighted by Gasteiger charge is -2.12. The topological polar surface area (TPSA) is 49.8 Å². The van der Waals surface area contributed by atoms with Crippen molar-refractivity contribution in [2.75, 3.05) is 17.5 Å². The van der Waals surface area contributed by atoms with Gasteiger partial charge in [0.05, 0.1) is 11.6 Å². The van der Waals surface area contributed by atoms with E-state index in [4.69, 9.17) is 34.2 Å². The Kier molecular flexibility index (Phi) is 4.74. The maximum Gasteiger partial charge on any atom is 0.0994 e. The van der Waals surface area contributed by atoms with Crippen molar-refractivity contribution in [3.8, 4) is 6.07 Å². The van der Waals surface area contributed by atoms with Crippen LogP contribution in [0.4, 0.5) is 5.69 Å². The van der Waals surface area contributed by atoms with Gasteiger partial charge in [0.15, 0.2) is 0 Å². The highest BCUT2D eigenvalue weighted by Gasteiger charge is 2.10. The van der Waals surface area contributed by atoms with Crippen LogP contribution in [0.15, 0.2) is 12.1 Å². The molecular formula is C11H12Cl2N2. The van der Waals surface area contributed by atoms with Crippen LogP contribution >= 0.6 is 23.2 Å². The summed E-state index contributed by atoms with van der Waals surface area (Å²) in [4.78, 5) is 0. The van der Waals surface area contributed by atoms with Crippen molar-refractivity contribution >= 4 is 28.9 Å². The van der Waals surface area contributed by atoms with Crippen molar-refractivity contribution in [3.63, 3.8) is 0 Å². The van der Waals surface area contributed by atoms with Gasteiger partial charge in [-0.15, -0.1) is 23.2 Å². The summed E-state index contributed by atoms with van der Waals surface area (Å²) in [5.74, 6) is 0.974. The number of hydrogen-bond donors (Lipinski definition) is 1. The number of alkyl halides is 2. The molecule has 0 fully saturated rings. The van der Waals surface area contributed by atoms with E-state index in [1.807, 2.05) is 0 Å². The first-order chi connectivity index (χ1) is 7.24. The first-order valence-electron chi connectivity index (χ1n) is 4.66. The van der Waals surface area contributed by atoms with E-state index in [2.05, 4.69) is 6.07 Å². The molecule has 0 atom stereocenters. The van der Waals surface area contributed by atoms with Gasteiger partial charge in [-0.3, -0.25) is 0 Å². The molecule has 0 aliphatic heterocycles. The summed E-state index contributed by atoms with van der Waals surface area (Å²) in [6.07, 6.45) is 1.33. The van der Waals surface area contributed by atoms with Gasteiger partial charge in [0, 0.05) is 17.4 Å². The molecule has 1 rings (SSSR count). The molecule has 80 valence electrons. The highest BCUT2D eigenvalue weighted by molar-refractivity contribution is 6.18. The molecular weight excluding hydrogens is 231 g/mol. The number of rotatable bonds is 4. The minimum atomic E-state index is 0.480. The minimum Gasteiger partial charge on any atom is -0.398 e. The highest BCUT2D eigenvalue weighted by Crippen LogP contribution is 2.23. The zero-order chi connectivity index (χ0) is 11.3. The summed E-state index contributed by atoms with van der Waals surface area (Å²) in [5.41, 5.74) is 9.08. The number of anilines is 1. The first kappa shape index (κ1) is 12.2. The molecule has 0 radical (unpaired) electrons. The SMILES string of the molecule is N#Cc1ccc(N)c(CCCl)c1CCCl. The summed E-state index contributed by atoms with van der Waals surface area (Å²) in [6, 6.07) is 5.63. The molecule has 0 amide bonds. The van der Waals surface area contributed by atoms with Crippen LogP contribution in [-0.2, 0) is 12.8 Å². The van der Waals surface area contributed by atoms with Crippen molar-refractivity contribution in [1.29, 1.82) is 5.26 Å². The number of nitrogens with zero attached hydrogens (tertiary/aromatic N) is 1. The van der Waals surface area contributed by atoms with Gasteiger partial charge in [0.2, 0.25) is 0 Å². The molecule has 2 nitrogen and oxygen atoms in total. The normalized spacial score (nSPS) is 9.93. The molecule has 0 spiro atoms. The van der Waals surface area contributed by atoms with E-state index in [0.717, 1.165) is 11.1 Å². The Morgan fingerprint density at radius 2 is 1.73 bits per heavy atom. The second-order valence-electron chi connectivity index (χ2n) is 3.15. The molecule has 0 aliphatic rings. The van der Waals surface area contributed by atoms with Crippen LogP contribution in [0.2, 0.25) is 0 Å². The first-order valence-corrected chi connectivity index (χ1v) is 5.73. The molecule has 4 heteroatoms. The maximum atomic E-state index is 8.96. The molecule has 0 aliphatic carbocycles. The third-order valence-electron chi connectivity index (χ3n) is 2.28. The fourth-order valence-electron chi connectivity index (χ4n) is 1.59. The minimum absolute atomic E-state index is 0.480. The summed E-state index contributed by atoms with van der Waals surface area (Å²) in [6.45, 7) is 0. The van der Waals surface area contributed by atoms with Crippen LogP contribution in [0.5, 0.6) is 0 Å². The second-order valence-corrected chi connectivity index (χ2v) is 3.91. The van der Waals surface area contributed by atoms with Gasteiger partial charge in [0.1, 0.15) is 0 Å². The average molecular weight is 243 g/mol. The molecule has 0 aromatic heterocycles. The predicted octanol–water partition coefficient (Wildman–Crippen LogP) is 2.70. The van der Waals surface area contributed by atoms with Crippen LogP contribution in [0.25, 0.3) is 0 Å². The lowest BCUT2D eigenvalue weighted by atomic mass is 9.96. The summed E-state index contributed by atoms with van der Waals surface area (Å²) in [5, 5.41) is 8.96. The van der Waals surface area contributed by atoms with Crippen LogP contribution in [0.1, 0.15) is 16.7 Å². The molecule has 2 N–H and O–H groups in total. The molecule has 15 heavy (non-hydrogen) atoms. The Bertz CT molecular complexity index is 383. The van der Waals surface area contributed by atoms with Crippen molar-refractivity contribution in [1.82, 2.24) is 0 Å². The summed E-state index contributed by atoms with van der Waals surface area (Å²) in [7, 11) is 0. The van der Waals surface area contributed by atoms with Crippen molar-refractivity contribution in [2.24, 2.45) is 0 Å². The average Bonchev–Trinajstić information content (AvgIpc) is 2.24. The van der Waals surface area contributed by atoms with Gasteiger partial charge < -0.3 is 5.73 Å². The lowest BCUT2D eigenvalue weighted by molar-refractivity contribution is 1.04. The van der Waals surface area contributed by atoms with Gasteiger partial charge in [-0.2, -0.15) is 5.26 Å². The Labute approximate surface area is 99.6 Å². The monoisotopic (exact) mass is 242 g/mol. The number of nitrogens with two attached hydrogens (primary N) is 1. The number of nitriles is 1. The van der Waals surface area contributed by atoms with E-state index in [9.17, 15) is 0 Å². The van der Waals surface area contributed by atoms with Crippen LogP contribution < -0.4 is 5.73 Å². The third-order valence-corrected chi connectivity index (χ3v) is 2.65. The standard InChI is InChI=1S/C11H12Cl2N2/c12-5-3-9-8(7-14)1-2-11(15)10(9)4-6-13/h1-2H,3-6,15H2. The smallest absolute Gasteiger partial charge is 0.0994 e. The van der Waals surface area contributed by atoms with E-state index in [1.165, 1.54) is 0 Å². The molecule has 0 saturated carbocycles. The quantitative estimate of drug-likeness (QED) is 0.652. The second kappa shape index (κ2) is 5.85. The van der Waals surface area contributed by atoms with Gasteiger partial charge in [0.25, 0.3) is 0 Å². The third kappa shape index (κ3) is 2.77. The maximum absolute atomic E-state index is 8.96.